The van der Waals surface area contributed by atoms with Gasteiger partial charge in [-0.2, -0.15) is 0 Å². The lowest BCUT2D eigenvalue weighted by molar-refractivity contribution is -0.154. The summed E-state index contributed by atoms with van der Waals surface area (Å²) in [7, 11) is -0.979. The molecule has 1 unspecified atom stereocenters. The zero-order valence-corrected chi connectivity index (χ0v) is 34.0. The number of esters is 1. The van der Waals surface area contributed by atoms with Crippen molar-refractivity contribution in [3.8, 4) is 5.75 Å². The molecule has 1 spiro atoms. The van der Waals surface area contributed by atoms with Gasteiger partial charge in [0, 0.05) is 30.6 Å². The van der Waals surface area contributed by atoms with Crippen LogP contribution in [0.3, 0.4) is 0 Å². The lowest BCUT2D eigenvalue weighted by Crippen LogP contribution is -2.55. The van der Waals surface area contributed by atoms with E-state index in [2.05, 4.69) is 32.2 Å². The maximum absolute atomic E-state index is 15.4. The van der Waals surface area contributed by atoms with Crippen molar-refractivity contribution in [3.63, 3.8) is 0 Å². The van der Waals surface area contributed by atoms with Crippen LogP contribution in [0, 0.1) is 5.92 Å². The summed E-state index contributed by atoms with van der Waals surface area (Å²) in [6, 6.07) is 30.9. The first-order valence-corrected chi connectivity index (χ1v) is 22.7. The molecule has 296 valence electrons. The van der Waals surface area contributed by atoms with Gasteiger partial charge in [-0.25, -0.2) is 0 Å². The number of benzene rings is 4. The predicted octanol–water partition coefficient (Wildman–Crippen LogP) is 5.42. The maximum atomic E-state index is 15.4. The Morgan fingerprint density at radius 3 is 2.30 bits per heavy atom. The van der Waals surface area contributed by atoms with E-state index < -0.39 is 37.9 Å². The molecule has 12 heteroatoms. The van der Waals surface area contributed by atoms with Crippen LogP contribution in [-0.4, -0.2) is 73.9 Å². The molecule has 4 aliphatic rings. The Labute approximate surface area is 334 Å². The second-order valence-electron chi connectivity index (χ2n) is 16.3. The topological polar surface area (TPSA) is 126 Å². The predicted molar refractivity (Wildman–Crippen MR) is 217 cm³/mol. The molecule has 11 nitrogen and oxygen atoms in total. The van der Waals surface area contributed by atoms with Gasteiger partial charge in [0.2, 0.25) is 11.8 Å². The normalized spacial score (nSPS) is 25.3. The number of rotatable bonds is 10. The standard InChI is InChI=1S/C45H49N3O8Si/c1-28-43(57(4,5)36-18-16-35(54-3)17-19-36)39(23-40(51)46-26-32-14-10-9-13-31(32)21-34(46)27-49)56-45(28)37-22-33(48-41(52)24-42(48)55-29(2)50)15-20-38(37)47(44(45)53)25-30-11-7-6-8-12-30/h6-20,22,28,34,39,42-43,49H,21,23-27H2,1-5H3/t28-,34+,39+,42?,43-,45+/m1/s1. The zero-order chi connectivity index (χ0) is 40.2. The van der Waals surface area contributed by atoms with Gasteiger partial charge in [-0.05, 0) is 59.0 Å². The van der Waals surface area contributed by atoms with Gasteiger partial charge in [-0.1, -0.05) is 91.9 Å². The van der Waals surface area contributed by atoms with Crippen molar-refractivity contribution in [2.45, 2.75) is 88.8 Å². The van der Waals surface area contributed by atoms with Gasteiger partial charge in [-0.15, -0.1) is 0 Å². The molecule has 8 rings (SSSR count). The number of β-lactam (4-membered cyclic amide) rings is 1. The Kier molecular flexibility index (Phi) is 10.1. The number of aliphatic hydroxyl groups is 1. The lowest BCUT2D eigenvalue weighted by atomic mass is 9.82. The van der Waals surface area contributed by atoms with E-state index in [1.54, 1.807) is 23.0 Å². The van der Waals surface area contributed by atoms with Crippen molar-refractivity contribution in [2.75, 3.05) is 23.5 Å². The monoisotopic (exact) mass is 787 g/mol. The fourth-order valence-corrected chi connectivity index (χ4v) is 13.9. The summed E-state index contributed by atoms with van der Waals surface area (Å²) in [5, 5.41) is 11.7. The number of carbonyl (C=O) groups excluding carboxylic acids is 4. The number of nitrogens with zero attached hydrogens (tertiary/aromatic N) is 3. The molecule has 1 N–H and O–H groups in total. The van der Waals surface area contributed by atoms with Crippen LogP contribution in [0.2, 0.25) is 18.6 Å². The van der Waals surface area contributed by atoms with Crippen molar-refractivity contribution < 1.29 is 38.5 Å². The van der Waals surface area contributed by atoms with Crippen LogP contribution in [0.5, 0.6) is 5.75 Å². The van der Waals surface area contributed by atoms with E-state index in [1.165, 1.54) is 11.8 Å². The summed E-state index contributed by atoms with van der Waals surface area (Å²) in [4.78, 5) is 60.1. The summed E-state index contributed by atoms with van der Waals surface area (Å²) in [6.45, 7) is 8.41. The van der Waals surface area contributed by atoms with Crippen molar-refractivity contribution >= 4 is 48.3 Å². The van der Waals surface area contributed by atoms with Gasteiger partial charge >= 0.3 is 5.97 Å². The largest absolute Gasteiger partial charge is 0.497 e. The third kappa shape index (κ3) is 6.53. The van der Waals surface area contributed by atoms with Crippen LogP contribution in [-0.2, 0) is 53.8 Å². The molecule has 0 bridgehead atoms. The average molecular weight is 788 g/mol. The zero-order valence-electron chi connectivity index (χ0n) is 33.0. The highest BCUT2D eigenvalue weighted by Crippen LogP contribution is 2.61. The number of hydrogen-bond acceptors (Lipinski definition) is 8. The molecule has 0 radical (unpaired) electrons. The molecule has 0 saturated carbocycles. The molecule has 2 saturated heterocycles. The number of aliphatic hydroxyl groups excluding tert-OH is 1. The van der Waals surface area contributed by atoms with E-state index in [0.29, 0.717) is 36.4 Å². The van der Waals surface area contributed by atoms with Gasteiger partial charge in [0.05, 0.1) is 59.0 Å². The summed E-state index contributed by atoms with van der Waals surface area (Å²) in [6.07, 6.45) is -0.784. The van der Waals surface area contributed by atoms with E-state index >= 15 is 4.79 Å². The van der Waals surface area contributed by atoms with Crippen molar-refractivity contribution in [2.24, 2.45) is 5.92 Å². The first-order chi connectivity index (χ1) is 27.4. The van der Waals surface area contributed by atoms with Crippen LogP contribution in [0.15, 0.2) is 97.1 Å². The number of methoxy groups -OCH3 is 1. The first-order valence-electron chi connectivity index (χ1n) is 19.7. The first kappa shape index (κ1) is 38.6. The second-order valence-corrected chi connectivity index (χ2v) is 21.0. The molecule has 0 aliphatic carbocycles. The van der Waals surface area contributed by atoms with Gasteiger partial charge in [-0.3, -0.25) is 24.1 Å². The van der Waals surface area contributed by atoms with E-state index in [1.807, 2.05) is 78.9 Å². The Morgan fingerprint density at radius 2 is 1.63 bits per heavy atom. The number of anilines is 2. The lowest BCUT2D eigenvalue weighted by Gasteiger charge is -2.39. The molecule has 0 aromatic heterocycles. The minimum Gasteiger partial charge on any atom is -0.497 e. The summed E-state index contributed by atoms with van der Waals surface area (Å²) in [5.41, 5.74) is 3.17. The third-order valence-electron chi connectivity index (χ3n) is 12.8. The quantitative estimate of drug-likeness (QED) is 0.128. The van der Waals surface area contributed by atoms with E-state index in [4.69, 9.17) is 14.2 Å². The summed E-state index contributed by atoms with van der Waals surface area (Å²) >= 11 is 0. The fraction of sp³-hybridized carbons (Fsp3) is 0.378. The number of carbonyl (C=O) groups is 4. The molecule has 57 heavy (non-hydrogen) atoms. The third-order valence-corrected chi connectivity index (χ3v) is 17.1. The van der Waals surface area contributed by atoms with Crippen LogP contribution >= 0.6 is 0 Å². The minimum absolute atomic E-state index is 0.0160. The van der Waals surface area contributed by atoms with Crippen molar-refractivity contribution in [1.29, 1.82) is 0 Å². The highest BCUT2D eigenvalue weighted by molar-refractivity contribution is 6.91. The highest BCUT2D eigenvalue weighted by Gasteiger charge is 2.67. The van der Waals surface area contributed by atoms with Crippen LogP contribution in [0.4, 0.5) is 11.4 Å². The Hall–Kier alpha value is -5.30. The van der Waals surface area contributed by atoms with E-state index in [-0.39, 0.29) is 48.8 Å². The molecular weight excluding hydrogens is 739 g/mol. The van der Waals surface area contributed by atoms with Gasteiger partial charge in [0.1, 0.15) is 5.75 Å². The van der Waals surface area contributed by atoms with Crippen molar-refractivity contribution in [3.05, 3.63) is 119 Å². The number of amides is 3. The Balaban J connectivity index is 1.24. The molecule has 2 fully saturated rings. The van der Waals surface area contributed by atoms with Gasteiger partial charge in [0.15, 0.2) is 11.8 Å². The number of hydrogen-bond donors (Lipinski definition) is 1. The molecule has 4 heterocycles. The smallest absolute Gasteiger partial charge is 0.304 e. The molecule has 3 amide bonds. The summed E-state index contributed by atoms with van der Waals surface area (Å²) in [5.74, 6) is -0.728. The molecule has 6 atom stereocenters. The second kappa shape index (κ2) is 14.9. The van der Waals surface area contributed by atoms with Crippen LogP contribution < -0.4 is 19.7 Å². The molecule has 4 aromatic rings. The number of ether oxygens (including phenoxy) is 3. The van der Waals surface area contributed by atoms with Gasteiger partial charge in [0.25, 0.3) is 5.91 Å². The minimum atomic E-state index is -2.61. The van der Waals surface area contributed by atoms with Crippen LogP contribution in [0.25, 0.3) is 0 Å². The molecular formula is C45H49N3O8Si. The Bertz CT molecular complexity index is 2210. The van der Waals surface area contributed by atoms with Crippen LogP contribution in [0.1, 0.15) is 48.9 Å². The molecule has 4 aliphatic heterocycles. The van der Waals surface area contributed by atoms with Gasteiger partial charge < -0.3 is 29.1 Å². The average Bonchev–Trinajstić information content (AvgIpc) is 3.62. The van der Waals surface area contributed by atoms with E-state index in [0.717, 1.165) is 27.6 Å². The highest BCUT2D eigenvalue weighted by atomic mass is 28.3. The maximum Gasteiger partial charge on any atom is 0.304 e. The Morgan fingerprint density at radius 1 is 0.930 bits per heavy atom. The SMILES string of the molecule is COc1ccc([Si](C)(C)[C@H]2[C@H](CC(=O)N3Cc4ccccc4C[C@H]3CO)O[C@@]3(C(=O)N(Cc4ccccc4)c4ccc(N5C(=O)CC5OC(C)=O)cc43)[C@@H]2C)cc1. The fourth-order valence-electron chi connectivity index (χ4n) is 9.89. The summed E-state index contributed by atoms with van der Waals surface area (Å²) < 4.78 is 18.3. The molecule has 4 aromatic carbocycles. The van der Waals surface area contributed by atoms with E-state index in [9.17, 15) is 19.5 Å². The van der Waals surface area contributed by atoms with Crippen molar-refractivity contribution in [1.82, 2.24) is 4.90 Å². The number of fused-ring (bicyclic) bond motifs is 3.